The highest BCUT2D eigenvalue weighted by molar-refractivity contribution is 5.96. The third-order valence-corrected chi connectivity index (χ3v) is 3.26. The van der Waals surface area contributed by atoms with Crippen molar-refractivity contribution in [3.05, 3.63) is 54.1 Å². The van der Waals surface area contributed by atoms with Gasteiger partial charge in [-0.05, 0) is 12.1 Å². The van der Waals surface area contributed by atoms with Gasteiger partial charge in [-0.15, -0.1) is 0 Å². The van der Waals surface area contributed by atoms with E-state index in [0.717, 1.165) is 11.1 Å². The van der Waals surface area contributed by atoms with Crippen molar-refractivity contribution < 1.29 is 9.53 Å². The molecule has 3 aromatic rings. The van der Waals surface area contributed by atoms with Crippen molar-refractivity contribution in [1.82, 2.24) is 15.2 Å². The summed E-state index contributed by atoms with van der Waals surface area (Å²) in [6.07, 6.45) is 0. The molecule has 0 spiro atoms. The van der Waals surface area contributed by atoms with Crippen molar-refractivity contribution in [2.45, 2.75) is 0 Å². The minimum atomic E-state index is -0.536. The van der Waals surface area contributed by atoms with Crippen molar-refractivity contribution in [3.8, 4) is 28.5 Å². The zero-order valence-corrected chi connectivity index (χ0v) is 11.9. The zero-order valence-electron chi connectivity index (χ0n) is 11.9. The third-order valence-electron chi connectivity index (χ3n) is 3.26. The first-order valence-electron chi connectivity index (χ1n) is 6.65. The second-order valence-electron chi connectivity index (χ2n) is 4.65. The van der Waals surface area contributed by atoms with Crippen molar-refractivity contribution in [2.75, 3.05) is 7.11 Å². The molecule has 0 aliphatic heterocycles. The molecule has 0 aliphatic rings. The number of nitrogens with one attached hydrogen (secondary N) is 1. The van der Waals surface area contributed by atoms with Gasteiger partial charge in [0.25, 0.3) is 5.91 Å². The van der Waals surface area contributed by atoms with E-state index >= 15 is 0 Å². The van der Waals surface area contributed by atoms with E-state index in [1.807, 2.05) is 30.3 Å². The van der Waals surface area contributed by atoms with E-state index in [2.05, 4.69) is 15.2 Å². The average molecular weight is 294 g/mol. The van der Waals surface area contributed by atoms with Crippen LogP contribution < -0.4 is 10.5 Å². The highest BCUT2D eigenvalue weighted by Gasteiger charge is 2.13. The van der Waals surface area contributed by atoms with Crippen LogP contribution in [0.5, 0.6) is 5.75 Å². The number of nitrogens with zero attached hydrogens (tertiary/aromatic N) is 2. The van der Waals surface area contributed by atoms with Gasteiger partial charge in [0.2, 0.25) is 0 Å². The van der Waals surface area contributed by atoms with Gasteiger partial charge in [0, 0.05) is 11.1 Å². The van der Waals surface area contributed by atoms with E-state index < -0.39 is 5.91 Å². The van der Waals surface area contributed by atoms with Crippen LogP contribution in [0, 0.1) is 0 Å². The van der Waals surface area contributed by atoms with Gasteiger partial charge in [0.15, 0.2) is 11.6 Å². The van der Waals surface area contributed by atoms with Crippen LogP contribution in [-0.2, 0) is 0 Å². The molecule has 22 heavy (non-hydrogen) atoms. The van der Waals surface area contributed by atoms with Gasteiger partial charge in [0.1, 0.15) is 5.75 Å². The Labute approximate surface area is 127 Å². The molecule has 0 atom stereocenters. The van der Waals surface area contributed by atoms with Crippen LogP contribution >= 0.6 is 0 Å². The molecule has 0 radical (unpaired) electrons. The lowest BCUT2D eigenvalue weighted by molar-refractivity contribution is 0.0997. The molecule has 0 saturated carbocycles. The van der Waals surface area contributed by atoms with Gasteiger partial charge >= 0.3 is 0 Å². The van der Waals surface area contributed by atoms with Crippen LogP contribution in [0.3, 0.4) is 0 Å². The fourth-order valence-corrected chi connectivity index (χ4v) is 2.15. The molecule has 0 fully saturated rings. The molecular formula is C16H14N4O2. The molecule has 3 rings (SSSR count). The minimum Gasteiger partial charge on any atom is -0.496 e. The van der Waals surface area contributed by atoms with Crippen LogP contribution in [-0.4, -0.2) is 28.2 Å². The monoisotopic (exact) mass is 294 g/mol. The van der Waals surface area contributed by atoms with Crippen LogP contribution in [0.4, 0.5) is 0 Å². The average Bonchev–Trinajstić information content (AvgIpc) is 3.05. The molecule has 0 bridgehead atoms. The van der Waals surface area contributed by atoms with Crippen molar-refractivity contribution in [2.24, 2.45) is 5.73 Å². The molecule has 1 aromatic heterocycles. The molecule has 0 unspecified atom stereocenters. The summed E-state index contributed by atoms with van der Waals surface area (Å²) in [5, 5.41) is 7.09. The zero-order chi connectivity index (χ0) is 15.5. The van der Waals surface area contributed by atoms with Crippen LogP contribution in [0.2, 0.25) is 0 Å². The topological polar surface area (TPSA) is 93.9 Å². The summed E-state index contributed by atoms with van der Waals surface area (Å²) in [5.41, 5.74) is 7.31. The summed E-state index contributed by atoms with van der Waals surface area (Å²) in [5.74, 6) is 1.07. The SMILES string of the molecule is COc1cc(-c2nc(-c3ccccc3)n[nH]2)ccc1C(N)=O. The smallest absolute Gasteiger partial charge is 0.252 e. The van der Waals surface area contributed by atoms with Crippen LogP contribution in [0.1, 0.15) is 10.4 Å². The number of aromatic nitrogens is 3. The largest absolute Gasteiger partial charge is 0.496 e. The summed E-state index contributed by atoms with van der Waals surface area (Å²) < 4.78 is 5.20. The van der Waals surface area contributed by atoms with Gasteiger partial charge in [-0.2, -0.15) is 5.10 Å². The summed E-state index contributed by atoms with van der Waals surface area (Å²) in [7, 11) is 1.49. The second kappa shape index (κ2) is 5.69. The fraction of sp³-hybridized carbons (Fsp3) is 0.0625. The predicted octanol–water partition coefficient (Wildman–Crippen LogP) is 2.25. The Bertz CT molecular complexity index is 812. The van der Waals surface area contributed by atoms with Gasteiger partial charge in [-0.25, -0.2) is 4.98 Å². The maximum absolute atomic E-state index is 11.3. The number of aromatic amines is 1. The number of ether oxygens (including phenoxy) is 1. The molecular weight excluding hydrogens is 280 g/mol. The van der Waals surface area contributed by atoms with E-state index in [9.17, 15) is 4.79 Å². The number of carbonyl (C=O) groups excluding carboxylic acids is 1. The first-order chi connectivity index (χ1) is 10.7. The second-order valence-corrected chi connectivity index (χ2v) is 4.65. The first kappa shape index (κ1) is 13.8. The van der Waals surface area contributed by atoms with E-state index in [0.29, 0.717) is 23.0 Å². The molecule has 3 N–H and O–H groups in total. The van der Waals surface area contributed by atoms with Gasteiger partial charge in [-0.1, -0.05) is 36.4 Å². The molecule has 0 aliphatic carbocycles. The summed E-state index contributed by atoms with van der Waals surface area (Å²) in [6.45, 7) is 0. The third kappa shape index (κ3) is 2.54. The van der Waals surface area contributed by atoms with Gasteiger partial charge in [0.05, 0.1) is 12.7 Å². The van der Waals surface area contributed by atoms with Crippen molar-refractivity contribution in [3.63, 3.8) is 0 Å². The highest BCUT2D eigenvalue weighted by atomic mass is 16.5. The molecule has 6 heteroatoms. The van der Waals surface area contributed by atoms with Crippen molar-refractivity contribution in [1.29, 1.82) is 0 Å². The summed E-state index contributed by atoms with van der Waals surface area (Å²) in [6, 6.07) is 14.7. The number of carbonyl (C=O) groups is 1. The number of benzene rings is 2. The van der Waals surface area contributed by atoms with Crippen LogP contribution in [0.25, 0.3) is 22.8 Å². The molecule has 110 valence electrons. The predicted molar refractivity (Wildman–Crippen MR) is 82.3 cm³/mol. The Kier molecular flexibility index (Phi) is 3.57. The van der Waals surface area contributed by atoms with Crippen LogP contribution in [0.15, 0.2) is 48.5 Å². The Morgan fingerprint density at radius 1 is 1.14 bits per heavy atom. The standard InChI is InChI=1S/C16H14N4O2/c1-22-13-9-11(7-8-12(13)14(17)21)16-18-15(19-20-16)10-5-3-2-4-6-10/h2-9H,1H3,(H2,17,21)(H,18,19,20). The number of primary amides is 1. The first-order valence-corrected chi connectivity index (χ1v) is 6.65. The number of hydrogen-bond donors (Lipinski definition) is 2. The maximum atomic E-state index is 11.3. The molecule has 1 heterocycles. The maximum Gasteiger partial charge on any atom is 0.252 e. The molecule has 0 saturated heterocycles. The number of amides is 1. The van der Waals surface area contributed by atoms with E-state index in [1.54, 1.807) is 18.2 Å². The number of nitrogens with two attached hydrogens (primary N) is 1. The normalized spacial score (nSPS) is 10.4. The van der Waals surface area contributed by atoms with Crippen molar-refractivity contribution >= 4 is 5.91 Å². The Hall–Kier alpha value is -3.15. The Balaban J connectivity index is 1.99. The summed E-state index contributed by atoms with van der Waals surface area (Å²) in [4.78, 5) is 15.8. The number of methoxy groups -OCH3 is 1. The Morgan fingerprint density at radius 3 is 2.59 bits per heavy atom. The Morgan fingerprint density at radius 2 is 1.91 bits per heavy atom. The molecule has 6 nitrogen and oxygen atoms in total. The fourth-order valence-electron chi connectivity index (χ4n) is 2.15. The van der Waals surface area contributed by atoms with Gasteiger partial charge in [-0.3, -0.25) is 9.89 Å². The highest BCUT2D eigenvalue weighted by Crippen LogP contribution is 2.26. The minimum absolute atomic E-state index is 0.328. The lowest BCUT2D eigenvalue weighted by Gasteiger charge is -2.06. The molecule has 2 aromatic carbocycles. The number of hydrogen-bond acceptors (Lipinski definition) is 4. The van der Waals surface area contributed by atoms with Gasteiger partial charge < -0.3 is 10.5 Å². The number of rotatable bonds is 4. The van der Waals surface area contributed by atoms with E-state index in [1.165, 1.54) is 7.11 Å². The molecule has 1 amide bonds. The lowest BCUT2D eigenvalue weighted by Crippen LogP contribution is -2.12. The summed E-state index contributed by atoms with van der Waals surface area (Å²) >= 11 is 0. The quantitative estimate of drug-likeness (QED) is 0.771. The lowest BCUT2D eigenvalue weighted by atomic mass is 10.1. The number of H-pyrrole nitrogens is 1. The van der Waals surface area contributed by atoms with E-state index in [-0.39, 0.29) is 0 Å². The van der Waals surface area contributed by atoms with E-state index in [4.69, 9.17) is 10.5 Å².